The molecule has 6 heteroatoms. The molecule has 0 saturated heterocycles. The first-order valence-corrected chi connectivity index (χ1v) is 14.1. The summed E-state index contributed by atoms with van der Waals surface area (Å²) in [5, 5.41) is 0. The number of fused-ring (bicyclic) bond motifs is 5. The van der Waals surface area contributed by atoms with Crippen molar-refractivity contribution in [3.05, 3.63) is 83.0 Å². The van der Waals surface area contributed by atoms with Crippen molar-refractivity contribution in [1.29, 1.82) is 0 Å². The van der Waals surface area contributed by atoms with Gasteiger partial charge in [-0.05, 0) is 78.8 Å². The topological polar surface area (TPSA) is 69.7 Å². The van der Waals surface area contributed by atoms with Crippen LogP contribution in [0.1, 0.15) is 57.1 Å². The van der Waals surface area contributed by atoms with Gasteiger partial charge in [-0.25, -0.2) is 8.42 Å². The molecular formula is C30H34O5S. The number of hydrogen-bond donors (Lipinski definition) is 0. The highest BCUT2D eigenvalue weighted by molar-refractivity contribution is 7.95. The molecule has 0 radical (unpaired) electrons. The number of rotatable bonds is 5. The molecule has 0 bridgehead atoms. The minimum absolute atomic E-state index is 0.156. The van der Waals surface area contributed by atoms with Gasteiger partial charge in [-0.2, -0.15) is 0 Å². The van der Waals surface area contributed by atoms with Crippen molar-refractivity contribution < 1.29 is 22.7 Å². The molecule has 0 heterocycles. The zero-order valence-corrected chi connectivity index (χ0v) is 22.2. The van der Waals surface area contributed by atoms with Crippen LogP contribution in [0, 0.1) is 22.7 Å². The Hall–Kier alpha value is -2.86. The Bertz CT molecular complexity index is 1360. The van der Waals surface area contributed by atoms with E-state index in [2.05, 4.69) is 32.6 Å². The predicted molar refractivity (Wildman–Crippen MR) is 139 cm³/mol. The van der Waals surface area contributed by atoms with Crippen molar-refractivity contribution in [1.82, 2.24) is 0 Å². The molecule has 3 aliphatic rings. The number of allylic oxidation sites excluding steroid dienone is 3. The summed E-state index contributed by atoms with van der Waals surface area (Å²) in [5.74, 6) is 1.37. The molecule has 36 heavy (non-hydrogen) atoms. The predicted octanol–water partition coefficient (Wildman–Crippen LogP) is 6.21. The Kier molecular flexibility index (Phi) is 5.94. The van der Waals surface area contributed by atoms with Gasteiger partial charge in [-0.15, -0.1) is 6.58 Å². The lowest BCUT2D eigenvalue weighted by atomic mass is 9.45. The van der Waals surface area contributed by atoms with Gasteiger partial charge in [0.25, 0.3) is 0 Å². The highest BCUT2D eigenvalue weighted by Gasteiger charge is 2.66. The van der Waals surface area contributed by atoms with Crippen LogP contribution in [0.2, 0.25) is 0 Å². The number of methoxy groups -OCH3 is 1. The Morgan fingerprint density at radius 1 is 1.17 bits per heavy atom. The molecule has 0 amide bonds. The number of benzene rings is 2. The Balaban J connectivity index is 1.68. The van der Waals surface area contributed by atoms with Crippen molar-refractivity contribution in [3.8, 4) is 5.75 Å². The van der Waals surface area contributed by atoms with E-state index in [4.69, 9.17) is 9.47 Å². The van der Waals surface area contributed by atoms with E-state index in [1.165, 1.54) is 18.1 Å². The fourth-order valence-electron chi connectivity index (χ4n) is 7.56. The molecule has 0 spiro atoms. The van der Waals surface area contributed by atoms with Crippen LogP contribution in [0.25, 0.3) is 0 Å². The first kappa shape index (κ1) is 24.8. The summed E-state index contributed by atoms with van der Waals surface area (Å²) in [7, 11) is -2.18. The zero-order chi connectivity index (χ0) is 25.9. The maximum atomic E-state index is 14.0. The summed E-state index contributed by atoms with van der Waals surface area (Å²) in [6.45, 7) is 9.97. The maximum absolute atomic E-state index is 14.0. The summed E-state index contributed by atoms with van der Waals surface area (Å²) in [5.41, 5.74) is 1.40. The van der Waals surface area contributed by atoms with E-state index >= 15 is 0 Å². The van der Waals surface area contributed by atoms with Gasteiger partial charge in [0.15, 0.2) is 0 Å². The third kappa shape index (κ3) is 3.41. The first-order valence-electron chi connectivity index (χ1n) is 12.6. The Morgan fingerprint density at radius 2 is 1.89 bits per heavy atom. The largest absolute Gasteiger partial charge is 0.497 e. The van der Waals surface area contributed by atoms with Crippen LogP contribution in [-0.2, 0) is 25.8 Å². The van der Waals surface area contributed by atoms with Gasteiger partial charge in [-0.3, -0.25) is 4.79 Å². The molecule has 5 atom stereocenters. The van der Waals surface area contributed by atoms with Crippen molar-refractivity contribution in [2.24, 2.45) is 22.7 Å². The van der Waals surface area contributed by atoms with Gasteiger partial charge in [0.2, 0.25) is 9.84 Å². The lowest BCUT2D eigenvalue weighted by Crippen LogP contribution is -2.52. The SMILES string of the molecule is C=C[C@@]12CC(S(=O)(=O)c3ccccc3)=C(OC(C)=O)C1(C)CCC1c3ccc(OC)cc3C[C@@H](C)C12. The van der Waals surface area contributed by atoms with E-state index in [1.807, 2.05) is 12.1 Å². The van der Waals surface area contributed by atoms with Crippen LogP contribution in [0.15, 0.2) is 76.7 Å². The van der Waals surface area contributed by atoms with Crippen molar-refractivity contribution >= 4 is 15.8 Å². The van der Waals surface area contributed by atoms with E-state index in [1.54, 1.807) is 37.4 Å². The number of ether oxygens (including phenoxy) is 2. The van der Waals surface area contributed by atoms with Crippen LogP contribution in [0.5, 0.6) is 5.75 Å². The summed E-state index contributed by atoms with van der Waals surface area (Å²) < 4.78 is 39.3. The number of hydrogen-bond acceptors (Lipinski definition) is 5. The van der Waals surface area contributed by atoms with Crippen molar-refractivity contribution in [3.63, 3.8) is 0 Å². The lowest BCUT2D eigenvalue weighted by Gasteiger charge is -2.58. The van der Waals surface area contributed by atoms with E-state index in [9.17, 15) is 13.2 Å². The smallest absolute Gasteiger partial charge is 0.307 e. The quantitative estimate of drug-likeness (QED) is 0.356. The number of carbonyl (C=O) groups excluding carboxylic acids is 1. The zero-order valence-electron chi connectivity index (χ0n) is 21.4. The Morgan fingerprint density at radius 3 is 2.53 bits per heavy atom. The molecule has 2 aromatic rings. The average molecular weight is 507 g/mol. The maximum Gasteiger partial charge on any atom is 0.307 e. The summed E-state index contributed by atoms with van der Waals surface area (Å²) in [6, 6.07) is 14.8. The molecule has 190 valence electrons. The van der Waals surface area contributed by atoms with Gasteiger partial charge in [0.05, 0.1) is 16.9 Å². The van der Waals surface area contributed by atoms with Crippen molar-refractivity contribution in [2.75, 3.05) is 7.11 Å². The summed E-state index contributed by atoms with van der Waals surface area (Å²) >= 11 is 0. The van der Waals surface area contributed by atoms with Crippen LogP contribution < -0.4 is 4.74 Å². The standard InChI is InChI=1S/C30H34O5S/c1-6-30-18-26(36(32,33)23-10-8-7-9-11-23)28(35-20(3)31)29(30,4)15-14-25-24-13-12-22(34-5)17-21(24)16-19(2)27(25)30/h6-13,17,19,25,27H,1,14-16,18H2,2-5H3/t19-,25?,27?,29?,30+/m1/s1. The third-order valence-electron chi connectivity index (χ3n) is 9.11. The number of esters is 1. The Labute approximate surface area is 214 Å². The molecule has 1 fully saturated rings. The fraction of sp³-hybridized carbons (Fsp3) is 0.433. The van der Waals surface area contributed by atoms with Crippen LogP contribution in [0.4, 0.5) is 0 Å². The molecular weight excluding hydrogens is 472 g/mol. The van der Waals surface area contributed by atoms with Crippen LogP contribution >= 0.6 is 0 Å². The minimum atomic E-state index is -3.86. The average Bonchev–Trinajstić information content (AvgIpc) is 3.13. The van der Waals surface area contributed by atoms with E-state index in [-0.39, 0.29) is 34.0 Å². The normalized spacial score (nSPS) is 31.2. The molecule has 3 unspecified atom stereocenters. The van der Waals surface area contributed by atoms with Gasteiger partial charge in [0.1, 0.15) is 11.5 Å². The summed E-state index contributed by atoms with van der Waals surface area (Å²) in [4.78, 5) is 12.7. The van der Waals surface area contributed by atoms with E-state index in [0.717, 1.165) is 18.6 Å². The van der Waals surface area contributed by atoms with E-state index < -0.39 is 26.6 Å². The highest BCUT2D eigenvalue weighted by atomic mass is 32.2. The number of carbonyl (C=O) groups is 1. The summed E-state index contributed by atoms with van der Waals surface area (Å²) in [6.07, 6.45) is 4.72. The third-order valence-corrected chi connectivity index (χ3v) is 11.0. The van der Waals surface area contributed by atoms with Crippen molar-refractivity contribution in [2.45, 2.75) is 57.3 Å². The molecule has 5 nitrogen and oxygen atoms in total. The van der Waals surface area contributed by atoms with Gasteiger partial charge in [-0.1, -0.05) is 44.2 Å². The first-order chi connectivity index (χ1) is 17.1. The molecule has 2 aromatic carbocycles. The molecule has 0 aliphatic heterocycles. The molecule has 0 aromatic heterocycles. The van der Waals surface area contributed by atoms with Gasteiger partial charge >= 0.3 is 5.97 Å². The minimum Gasteiger partial charge on any atom is -0.497 e. The molecule has 3 aliphatic carbocycles. The van der Waals surface area contributed by atoms with Crippen LogP contribution in [-0.4, -0.2) is 21.5 Å². The molecule has 5 rings (SSSR count). The monoisotopic (exact) mass is 506 g/mol. The highest BCUT2D eigenvalue weighted by Crippen LogP contribution is 2.72. The second-order valence-electron chi connectivity index (χ2n) is 10.8. The second kappa shape index (κ2) is 8.62. The number of sulfone groups is 1. The lowest BCUT2D eigenvalue weighted by molar-refractivity contribution is -0.141. The van der Waals surface area contributed by atoms with Crippen LogP contribution in [0.3, 0.4) is 0 Å². The van der Waals surface area contributed by atoms with Gasteiger partial charge < -0.3 is 9.47 Å². The molecule has 0 N–H and O–H groups in total. The second-order valence-corrected chi connectivity index (χ2v) is 12.8. The van der Waals surface area contributed by atoms with E-state index in [0.29, 0.717) is 12.2 Å². The fourth-order valence-corrected chi connectivity index (χ4v) is 9.30. The molecule has 1 saturated carbocycles. The van der Waals surface area contributed by atoms with Gasteiger partial charge in [0, 0.05) is 17.8 Å².